The van der Waals surface area contributed by atoms with E-state index in [2.05, 4.69) is 4.72 Å². The lowest BCUT2D eigenvalue weighted by molar-refractivity contribution is -0.139. The molecule has 0 atom stereocenters. The minimum Gasteiger partial charge on any atom is -0.480 e. The second kappa shape index (κ2) is 6.79. The lowest BCUT2D eigenvalue weighted by Crippen LogP contribution is -2.54. The van der Waals surface area contributed by atoms with Crippen molar-refractivity contribution in [3.8, 4) is 0 Å². The summed E-state index contributed by atoms with van der Waals surface area (Å²) < 4.78 is 28.9. The van der Waals surface area contributed by atoms with Crippen LogP contribution in [0.1, 0.15) is 19.8 Å². The van der Waals surface area contributed by atoms with Gasteiger partial charge in [0.05, 0.1) is 6.54 Å². The maximum Gasteiger partial charge on any atom is 0.317 e. The molecule has 0 saturated heterocycles. The van der Waals surface area contributed by atoms with Crippen LogP contribution in [0.2, 0.25) is 0 Å². The number of hydrogen-bond acceptors (Lipinski definition) is 5. The monoisotopic (exact) mass is 368 g/mol. The van der Waals surface area contributed by atoms with Crippen LogP contribution in [0.5, 0.6) is 0 Å². The SMILES string of the molecule is CCN(CC(=O)O)C1CC(NS(=O)(=O)c2csc3ccccc23)C1. The van der Waals surface area contributed by atoms with E-state index in [0.717, 1.165) is 10.1 Å². The average Bonchev–Trinajstić information content (AvgIpc) is 2.93. The van der Waals surface area contributed by atoms with Gasteiger partial charge in [-0.05, 0) is 25.5 Å². The number of benzene rings is 1. The van der Waals surface area contributed by atoms with Crippen molar-refractivity contribution in [2.45, 2.75) is 36.7 Å². The number of fused-ring (bicyclic) bond motifs is 1. The highest BCUT2D eigenvalue weighted by Gasteiger charge is 2.36. The molecule has 1 aliphatic carbocycles. The van der Waals surface area contributed by atoms with Crippen LogP contribution in [-0.4, -0.2) is 49.6 Å². The van der Waals surface area contributed by atoms with Crippen molar-refractivity contribution in [2.24, 2.45) is 0 Å². The largest absolute Gasteiger partial charge is 0.480 e. The minimum atomic E-state index is -3.56. The summed E-state index contributed by atoms with van der Waals surface area (Å²) in [6.07, 6.45) is 1.28. The first-order valence-electron chi connectivity index (χ1n) is 7.85. The van der Waals surface area contributed by atoms with Crippen molar-refractivity contribution in [1.82, 2.24) is 9.62 Å². The normalized spacial score (nSPS) is 21.1. The summed E-state index contributed by atoms with van der Waals surface area (Å²) >= 11 is 1.42. The molecule has 130 valence electrons. The lowest BCUT2D eigenvalue weighted by Gasteiger charge is -2.42. The Kier molecular flexibility index (Phi) is 4.91. The zero-order chi connectivity index (χ0) is 17.3. The number of nitrogens with one attached hydrogen (secondary N) is 1. The minimum absolute atomic E-state index is 0.00416. The number of aliphatic carboxylic acids is 1. The van der Waals surface area contributed by atoms with E-state index in [0.29, 0.717) is 24.3 Å². The second-order valence-corrected chi connectivity index (χ2v) is 8.59. The van der Waals surface area contributed by atoms with E-state index in [9.17, 15) is 13.2 Å². The van der Waals surface area contributed by atoms with Gasteiger partial charge in [0.25, 0.3) is 0 Å². The third kappa shape index (κ3) is 3.46. The fourth-order valence-electron chi connectivity index (χ4n) is 3.10. The van der Waals surface area contributed by atoms with Crippen molar-refractivity contribution in [3.63, 3.8) is 0 Å². The van der Waals surface area contributed by atoms with Gasteiger partial charge in [-0.15, -0.1) is 11.3 Å². The van der Waals surface area contributed by atoms with Gasteiger partial charge in [-0.1, -0.05) is 25.1 Å². The Morgan fingerprint density at radius 2 is 2.08 bits per heavy atom. The molecule has 8 heteroatoms. The van der Waals surface area contributed by atoms with Gasteiger partial charge in [-0.3, -0.25) is 9.69 Å². The molecule has 1 saturated carbocycles. The van der Waals surface area contributed by atoms with Crippen molar-refractivity contribution in [2.75, 3.05) is 13.1 Å². The molecule has 1 fully saturated rings. The van der Waals surface area contributed by atoms with E-state index >= 15 is 0 Å². The lowest BCUT2D eigenvalue weighted by atomic mass is 9.86. The van der Waals surface area contributed by atoms with E-state index in [4.69, 9.17) is 5.11 Å². The molecule has 0 amide bonds. The molecule has 3 rings (SSSR count). The van der Waals surface area contributed by atoms with Crippen molar-refractivity contribution >= 4 is 37.4 Å². The number of sulfonamides is 1. The third-order valence-electron chi connectivity index (χ3n) is 4.43. The first-order valence-corrected chi connectivity index (χ1v) is 10.2. The highest BCUT2D eigenvalue weighted by Crippen LogP contribution is 2.31. The van der Waals surface area contributed by atoms with Crippen molar-refractivity contribution in [3.05, 3.63) is 29.6 Å². The molecule has 0 aliphatic heterocycles. The van der Waals surface area contributed by atoms with Crippen LogP contribution >= 0.6 is 11.3 Å². The summed E-state index contributed by atoms with van der Waals surface area (Å²) in [5, 5.41) is 11.3. The highest BCUT2D eigenvalue weighted by atomic mass is 32.2. The number of carbonyl (C=O) groups is 1. The fourth-order valence-corrected chi connectivity index (χ4v) is 5.86. The van der Waals surface area contributed by atoms with E-state index in [1.165, 1.54) is 11.3 Å². The van der Waals surface area contributed by atoms with Crippen LogP contribution in [0, 0.1) is 0 Å². The van der Waals surface area contributed by atoms with Gasteiger partial charge in [0, 0.05) is 27.5 Å². The first-order chi connectivity index (χ1) is 11.4. The molecule has 0 spiro atoms. The summed E-state index contributed by atoms with van der Waals surface area (Å²) in [6.45, 7) is 2.55. The molecular formula is C16H20N2O4S2. The number of likely N-dealkylation sites (N-methyl/N-ethyl adjacent to an activating group) is 1. The molecule has 24 heavy (non-hydrogen) atoms. The van der Waals surface area contributed by atoms with Gasteiger partial charge in [0.2, 0.25) is 10.0 Å². The quantitative estimate of drug-likeness (QED) is 0.782. The standard InChI is InChI=1S/C16H20N2O4S2/c1-2-18(9-16(19)20)12-7-11(8-12)17-24(21,22)15-10-23-14-6-4-3-5-13(14)15/h3-6,10-12,17H,2,7-9H2,1H3,(H,19,20). The van der Waals surface area contributed by atoms with E-state index < -0.39 is 16.0 Å². The molecular weight excluding hydrogens is 348 g/mol. The van der Waals surface area contributed by atoms with Gasteiger partial charge in [-0.2, -0.15) is 0 Å². The van der Waals surface area contributed by atoms with Crippen LogP contribution < -0.4 is 4.72 Å². The Balaban J connectivity index is 1.66. The van der Waals surface area contributed by atoms with E-state index in [-0.39, 0.29) is 18.6 Å². The zero-order valence-electron chi connectivity index (χ0n) is 13.3. The maximum absolute atomic E-state index is 12.6. The van der Waals surface area contributed by atoms with E-state index in [1.54, 1.807) is 5.38 Å². The molecule has 2 aromatic rings. The zero-order valence-corrected chi connectivity index (χ0v) is 14.9. The van der Waals surface area contributed by atoms with Gasteiger partial charge in [-0.25, -0.2) is 13.1 Å². The molecule has 1 aromatic heterocycles. The van der Waals surface area contributed by atoms with Crippen LogP contribution in [-0.2, 0) is 14.8 Å². The Morgan fingerprint density at radius 3 is 2.75 bits per heavy atom. The maximum atomic E-state index is 12.6. The van der Waals surface area contributed by atoms with Gasteiger partial charge in [0.1, 0.15) is 4.90 Å². The number of thiophene rings is 1. The Bertz CT molecular complexity index is 841. The number of hydrogen-bond donors (Lipinski definition) is 2. The summed E-state index contributed by atoms with van der Waals surface area (Å²) in [6, 6.07) is 7.43. The number of carboxylic acid groups (broad SMARTS) is 1. The Morgan fingerprint density at radius 1 is 1.38 bits per heavy atom. The predicted molar refractivity (Wildman–Crippen MR) is 93.8 cm³/mol. The van der Waals surface area contributed by atoms with Crippen molar-refractivity contribution < 1.29 is 18.3 Å². The molecule has 6 nitrogen and oxygen atoms in total. The van der Waals surface area contributed by atoms with Crippen molar-refractivity contribution in [1.29, 1.82) is 0 Å². The van der Waals surface area contributed by atoms with Gasteiger partial charge in [0.15, 0.2) is 0 Å². The van der Waals surface area contributed by atoms with Crippen LogP contribution in [0.4, 0.5) is 0 Å². The molecule has 1 aromatic carbocycles. The smallest absolute Gasteiger partial charge is 0.317 e. The highest BCUT2D eigenvalue weighted by molar-refractivity contribution is 7.90. The summed E-state index contributed by atoms with van der Waals surface area (Å²) in [7, 11) is -3.56. The van der Waals surface area contributed by atoms with E-state index in [1.807, 2.05) is 36.1 Å². The summed E-state index contributed by atoms with van der Waals surface area (Å²) in [5.74, 6) is -0.856. The van der Waals surface area contributed by atoms with Gasteiger partial charge < -0.3 is 5.11 Å². The third-order valence-corrected chi connectivity index (χ3v) is 7.10. The molecule has 0 radical (unpaired) electrons. The van der Waals surface area contributed by atoms with Gasteiger partial charge >= 0.3 is 5.97 Å². The molecule has 1 aliphatic rings. The molecule has 0 bridgehead atoms. The first kappa shape index (κ1) is 17.3. The average molecular weight is 368 g/mol. The van der Waals surface area contributed by atoms with Crippen LogP contribution in [0.15, 0.2) is 34.5 Å². The fraction of sp³-hybridized carbons (Fsp3) is 0.438. The molecule has 0 unspecified atom stereocenters. The predicted octanol–water partition coefficient (Wildman–Crippen LogP) is 2.12. The number of rotatable bonds is 7. The Hall–Kier alpha value is -1.48. The summed E-state index contributed by atoms with van der Waals surface area (Å²) in [4.78, 5) is 13.0. The number of nitrogens with zero attached hydrogens (tertiary/aromatic N) is 1. The molecule has 2 N–H and O–H groups in total. The molecule has 1 heterocycles. The van der Waals surface area contributed by atoms with Crippen LogP contribution in [0.25, 0.3) is 10.1 Å². The second-order valence-electron chi connectivity index (χ2n) is 6.00. The topological polar surface area (TPSA) is 86.7 Å². The summed E-state index contributed by atoms with van der Waals surface area (Å²) in [5.41, 5.74) is 0. The Labute approximate surface area is 145 Å². The number of carboxylic acids is 1. The van der Waals surface area contributed by atoms with Crippen LogP contribution in [0.3, 0.4) is 0 Å².